The van der Waals surface area contributed by atoms with Crippen LogP contribution in [0.3, 0.4) is 0 Å². The van der Waals surface area contributed by atoms with E-state index in [1.807, 2.05) is 38.1 Å². The summed E-state index contributed by atoms with van der Waals surface area (Å²) in [7, 11) is 0. The third kappa shape index (κ3) is 3.70. The van der Waals surface area contributed by atoms with Gasteiger partial charge in [-0.3, -0.25) is 9.59 Å². The zero-order valence-corrected chi connectivity index (χ0v) is 19.0. The van der Waals surface area contributed by atoms with Crippen LogP contribution in [0.5, 0.6) is 5.75 Å². The van der Waals surface area contributed by atoms with Gasteiger partial charge >= 0.3 is 0 Å². The summed E-state index contributed by atoms with van der Waals surface area (Å²) in [6.07, 6.45) is 2.43. The van der Waals surface area contributed by atoms with E-state index in [9.17, 15) is 9.59 Å². The summed E-state index contributed by atoms with van der Waals surface area (Å²) in [5.41, 5.74) is 1.89. The lowest BCUT2D eigenvalue weighted by Crippen LogP contribution is -2.29. The second-order valence-electron chi connectivity index (χ2n) is 8.11. The highest BCUT2D eigenvalue weighted by atomic mass is 35.5. The van der Waals surface area contributed by atoms with Crippen LogP contribution in [0.4, 0.5) is 0 Å². The van der Waals surface area contributed by atoms with Gasteiger partial charge in [-0.1, -0.05) is 30.7 Å². The van der Waals surface area contributed by atoms with Gasteiger partial charge < -0.3 is 18.5 Å². The van der Waals surface area contributed by atoms with Gasteiger partial charge in [0.2, 0.25) is 5.76 Å². The molecule has 1 aliphatic heterocycles. The minimum Gasteiger partial charge on any atom is -0.494 e. The predicted molar refractivity (Wildman–Crippen MR) is 125 cm³/mol. The number of hydrogen-bond acceptors (Lipinski definition) is 5. The number of halogens is 1. The van der Waals surface area contributed by atoms with Crippen molar-refractivity contribution < 1.29 is 18.4 Å². The summed E-state index contributed by atoms with van der Waals surface area (Å²) in [5, 5.41) is 0.818. The molecule has 33 heavy (non-hydrogen) atoms. The first-order valence-electron chi connectivity index (χ1n) is 10.8. The first-order chi connectivity index (χ1) is 16.0. The van der Waals surface area contributed by atoms with E-state index in [2.05, 4.69) is 0 Å². The molecular formula is C26H22ClNO5. The van der Waals surface area contributed by atoms with Crippen molar-refractivity contribution in [3.63, 3.8) is 0 Å². The molecule has 1 aliphatic rings. The Morgan fingerprint density at radius 1 is 1.12 bits per heavy atom. The van der Waals surface area contributed by atoms with Gasteiger partial charge in [-0.15, -0.1) is 0 Å². The Kier molecular flexibility index (Phi) is 5.46. The fourth-order valence-electron chi connectivity index (χ4n) is 4.22. The molecule has 1 amide bonds. The predicted octanol–water partition coefficient (Wildman–Crippen LogP) is 5.88. The zero-order valence-electron chi connectivity index (χ0n) is 18.3. The van der Waals surface area contributed by atoms with Crippen molar-refractivity contribution in [1.82, 2.24) is 4.90 Å². The maximum atomic E-state index is 13.7. The quantitative estimate of drug-likeness (QED) is 0.357. The molecule has 0 bridgehead atoms. The molecule has 0 N–H and O–H groups in total. The summed E-state index contributed by atoms with van der Waals surface area (Å²) < 4.78 is 17.3. The van der Waals surface area contributed by atoms with Gasteiger partial charge in [-0.2, -0.15) is 0 Å². The lowest BCUT2D eigenvalue weighted by atomic mass is 9.98. The number of benzene rings is 2. The van der Waals surface area contributed by atoms with Gasteiger partial charge in [0.05, 0.1) is 36.4 Å². The molecule has 3 heterocycles. The molecule has 7 heteroatoms. The molecule has 6 nitrogen and oxygen atoms in total. The number of furan rings is 1. The van der Waals surface area contributed by atoms with E-state index in [1.165, 1.54) is 0 Å². The van der Waals surface area contributed by atoms with E-state index in [0.717, 1.165) is 17.5 Å². The van der Waals surface area contributed by atoms with Crippen LogP contribution in [0.2, 0.25) is 5.02 Å². The first-order valence-corrected chi connectivity index (χ1v) is 11.2. The van der Waals surface area contributed by atoms with Crippen molar-refractivity contribution in [2.45, 2.75) is 32.9 Å². The highest BCUT2D eigenvalue weighted by Crippen LogP contribution is 2.40. The molecule has 0 fully saturated rings. The Morgan fingerprint density at radius 2 is 1.97 bits per heavy atom. The van der Waals surface area contributed by atoms with Crippen LogP contribution in [0, 0.1) is 6.92 Å². The maximum absolute atomic E-state index is 13.7. The molecule has 0 radical (unpaired) electrons. The van der Waals surface area contributed by atoms with Crippen LogP contribution in [-0.4, -0.2) is 17.4 Å². The second kappa shape index (κ2) is 8.45. The molecule has 1 atom stereocenters. The van der Waals surface area contributed by atoms with Crippen molar-refractivity contribution in [1.29, 1.82) is 0 Å². The molecule has 0 saturated carbocycles. The average Bonchev–Trinajstić information content (AvgIpc) is 3.42. The standard InChI is InChI=1S/C26H22ClNO5/c1-3-9-31-17-7-4-6-16(12-17)23-22-24(29)19-13-20(27)15(2)11-21(19)33-25(22)26(30)28(23)14-18-8-5-10-32-18/h4-8,10-13,23H,3,9,14H2,1-2H3. The van der Waals surface area contributed by atoms with E-state index < -0.39 is 6.04 Å². The Hall–Kier alpha value is -3.51. The molecule has 0 aliphatic carbocycles. The minimum atomic E-state index is -0.650. The Labute approximate surface area is 195 Å². The van der Waals surface area contributed by atoms with Crippen molar-refractivity contribution in [2.24, 2.45) is 0 Å². The number of amides is 1. The number of rotatable bonds is 6. The fraction of sp³-hybridized carbons (Fsp3) is 0.231. The highest BCUT2D eigenvalue weighted by molar-refractivity contribution is 6.32. The van der Waals surface area contributed by atoms with E-state index in [-0.39, 0.29) is 23.6 Å². The molecule has 5 rings (SSSR count). The second-order valence-corrected chi connectivity index (χ2v) is 8.51. The number of nitrogens with zero attached hydrogens (tertiary/aromatic N) is 1. The monoisotopic (exact) mass is 463 g/mol. The van der Waals surface area contributed by atoms with Gasteiger partial charge in [0, 0.05) is 5.02 Å². The molecular weight excluding hydrogens is 442 g/mol. The number of aryl methyl sites for hydroxylation is 1. The minimum absolute atomic E-state index is 0.0469. The molecule has 0 spiro atoms. The zero-order chi connectivity index (χ0) is 23.1. The Bertz CT molecular complexity index is 1410. The van der Waals surface area contributed by atoms with Gasteiger partial charge in [0.1, 0.15) is 17.1 Å². The van der Waals surface area contributed by atoms with E-state index >= 15 is 0 Å². The van der Waals surface area contributed by atoms with Crippen molar-refractivity contribution in [2.75, 3.05) is 6.61 Å². The number of carbonyl (C=O) groups is 1. The van der Waals surface area contributed by atoms with Crippen molar-refractivity contribution >= 4 is 28.5 Å². The molecule has 168 valence electrons. The number of ether oxygens (including phenoxy) is 1. The summed E-state index contributed by atoms with van der Waals surface area (Å²) >= 11 is 6.30. The summed E-state index contributed by atoms with van der Waals surface area (Å²) in [4.78, 5) is 28.8. The smallest absolute Gasteiger partial charge is 0.291 e. The van der Waals surface area contributed by atoms with Gasteiger partial charge in [-0.05, 0) is 60.9 Å². The highest BCUT2D eigenvalue weighted by Gasteiger charge is 2.43. The third-order valence-electron chi connectivity index (χ3n) is 5.80. The van der Waals surface area contributed by atoms with Crippen molar-refractivity contribution in [3.05, 3.63) is 98.3 Å². The summed E-state index contributed by atoms with van der Waals surface area (Å²) in [6.45, 7) is 4.62. The maximum Gasteiger partial charge on any atom is 0.291 e. The van der Waals surface area contributed by atoms with Gasteiger partial charge in [0.15, 0.2) is 5.43 Å². The van der Waals surface area contributed by atoms with Crippen LogP contribution < -0.4 is 10.2 Å². The number of carbonyl (C=O) groups excluding carboxylic acids is 1. The van der Waals surface area contributed by atoms with Crippen LogP contribution >= 0.6 is 11.6 Å². The average molecular weight is 464 g/mol. The van der Waals surface area contributed by atoms with Crippen LogP contribution in [0.25, 0.3) is 11.0 Å². The van der Waals surface area contributed by atoms with Gasteiger partial charge in [-0.25, -0.2) is 0 Å². The molecule has 2 aromatic heterocycles. The largest absolute Gasteiger partial charge is 0.494 e. The van der Waals surface area contributed by atoms with Crippen LogP contribution in [0.15, 0.2) is 68.4 Å². The molecule has 2 aromatic carbocycles. The van der Waals surface area contributed by atoms with E-state index in [1.54, 1.807) is 35.4 Å². The Balaban J connectivity index is 1.71. The number of hydrogen-bond donors (Lipinski definition) is 0. The molecule has 1 unspecified atom stereocenters. The van der Waals surface area contributed by atoms with Gasteiger partial charge in [0.25, 0.3) is 5.91 Å². The fourth-order valence-corrected chi connectivity index (χ4v) is 4.38. The molecule has 4 aromatic rings. The summed E-state index contributed by atoms with van der Waals surface area (Å²) in [6, 6.07) is 13.7. The first kappa shape index (κ1) is 21.3. The lowest BCUT2D eigenvalue weighted by Gasteiger charge is -2.24. The lowest BCUT2D eigenvalue weighted by molar-refractivity contribution is 0.0701. The van der Waals surface area contributed by atoms with E-state index in [0.29, 0.717) is 39.7 Å². The summed E-state index contributed by atoms with van der Waals surface area (Å²) in [5.74, 6) is 0.969. The number of fused-ring (bicyclic) bond motifs is 2. The van der Waals surface area contributed by atoms with Crippen molar-refractivity contribution in [3.8, 4) is 5.75 Å². The van der Waals surface area contributed by atoms with E-state index in [4.69, 9.17) is 25.2 Å². The Morgan fingerprint density at radius 3 is 2.73 bits per heavy atom. The SMILES string of the molecule is CCCOc1cccc(C2c3c(oc4cc(C)c(Cl)cc4c3=O)C(=O)N2Cc2ccco2)c1. The normalized spacial score (nSPS) is 15.3. The van der Waals surface area contributed by atoms with Crippen LogP contribution in [0.1, 0.15) is 52.4 Å². The molecule has 0 saturated heterocycles. The van der Waals surface area contributed by atoms with Crippen LogP contribution in [-0.2, 0) is 6.54 Å². The third-order valence-corrected chi connectivity index (χ3v) is 6.21. The topological polar surface area (TPSA) is 72.9 Å².